The average Bonchev–Trinajstić information content (AvgIpc) is 3.12. The largest absolute Gasteiger partial charge is 0.394 e. The van der Waals surface area contributed by atoms with Gasteiger partial charge in [-0.3, -0.25) is 19.2 Å². The Morgan fingerprint density at radius 3 is 2.52 bits per heavy atom. The van der Waals surface area contributed by atoms with Gasteiger partial charge < -0.3 is 20.1 Å². The van der Waals surface area contributed by atoms with Crippen LogP contribution in [0.1, 0.15) is 24.6 Å². The standard InChI is InChI=1S/C14H21N3O6/c18-7-9-10(19)11(20)13(23-9)17-6-8(12(21)15-14(17)22)5-16-3-1-2-4-16/h6,9-11,13,18-20H,1-5,7H2,(H,15,21,22). The summed E-state index contributed by atoms with van der Waals surface area (Å²) in [5, 5.41) is 29.0. The van der Waals surface area contributed by atoms with Crippen LogP contribution < -0.4 is 11.2 Å². The smallest absolute Gasteiger partial charge is 0.330 e. The van der Waals surface area contributed by atoms with Crippen LogP contribution in [-0.4, -0.2) is 67.8 Å². The quantitative estimate of drug-likeness (QED) is 0.491. The lowest BCUT2D eigenvalue weighted by Gasteiger charge is -2.19. The molecule has 2 saturated heterocycles. The zero-order valence-electron chi connectivity index (χ0n) is 12.6. The van der Waals surface area contributed by atoms with Crippen LogP contribution in [0.4, 0.5) is 0 Å². The highest BCUT2D eigenvalue weighted by Gasteiger charge is 2.43. The minimum Gasteiger partial charge on any atom is -0.394 e. The van der Waals surface area contributed by atoms with Gasteiger partial charge in [0.15, 0.2) is 6.23 Å². The molecule has 0 saturated carbocycles. The third-order valence-corrected chi connectivity index (χ3v) is 4.43. The Morgan fingerprint density at radius 2 is 1.91 bits per heavy atom. The summed E-state index contributed by atoms with van der Waals surface area (Å²) in [4.78, 5) is 28.3. The minimum atomic E-state index is -1.37. The van der Waals surface area contributed by atoms with Crippen LogP contribution in [0.2, 0.25) is 0 Å². The summed E-state index contributed by atoms with van der Waals surface area (Å²) in [5.74, 6) is 0. The molecule has 4 unspecified atom stereocenters. The van der Waals surface area contributed by atoms with E-state index in [1.54, 1.807) is 0 Å². The molecule has 0 bridgehead atoms. The number of likely N-dealkylation sites (tertiary alicyclic amines) is 1. The van der Waals surface area contributed by atoms with Crippen LogP contribution in [0.15, 0.2) is 15.8 Å². The maximum Gasteiger partial charge on any atom is 0.330 e. The Morgan fingerprint density at radius 1 is 1.22 bits per heavy atom. The number of ether oxygens (including phenoxy) is 1. The molecule has 4 N–H and O–H groups in total. The number of aliphatic hydroxyl groups is 3. The van der Waals surface area contributed by atoms with Gasteiger partial charge >= 0.3 is 5.69 Å². The van der Waals surface area contributed by atoms with Crippen molar-refractivity contribution in [3.63, 3.8) is 0 Å². The fourth-order valence-corrected chi connectivity index (χ4v) is 3.12. The lowest BCUT2D eigenvalue weighted by atomic mass is 10.1. The molecule has 1 aromatic heterocycles. The maximum absolute atomic E-state index is 12.0. The number of hydrogen-bond donors (Lipinski definition) is 4. The second-order valence-corrected chi connectivity index (χ2v) is 6.03. The lowest BCUT2D eigenvalue weighted by molar-refractivity contribution is -0.0551. The van der Waals surface area contributed by atoms with Crippen molar-refractivity contribution < 1.29 is 20.1 Å². The summed E-state index contributed by atoms with van der Waals surface area (Å²) >= 11 is 0. The number of nitrogens with one attached hydrogen (secondary N) is 1. The zero-order chi connectivity index (χ0) is 16.6. The molecular formula is C14H21N3O6. The van der Waals surface area contributed by atoms with Crippen LogP contribution in [0.25, 0.3) is 0 Å². The molecule has 128 valence electrons. The average molecular weight is 327 g/mol. The van der Waals surface area contributed by atoms with Crippen LogP contribution in [0.3, 0.4) is 0 Å². The molecule has 9 heteroatoms. The predicted molar refractivity (Wildman–Crippen MR) is 78.8 cm³/mol. The van der Waals surface area contributed by atoms with E-state index in [2.05, 4.69) is 9.88 Å². The molecule has 1 aromatic rings. The second-order valence-electron chi connectivity index (χ2n) is 6.03. The van der Waals surface area contributed by atoms with E-state index >= 15 is 0 Å². The first kappa shape index (κ1) is 16.3. The Balaban J connectivity index is 1.90. The number of aliphatic hydroxyl groups excluding tert-OH is 3. The number of aromatic nitrogens is 2. The molecule has 3 heterocycles. The molecule has 0 amide bonds. The maximum atomic E-state index is 12.0. The van der Waals surface area contributed by atoms with E-state index < -0.39 is 42.4 Å². The first-order valence-electron chi connectivity index (χ1n) is 7.70. The highest BCUT2D eigenvalue weighted by Crippen LogP contribution is 2.28. The van der Waals surface area contributed by atoms with Gasteiger partial charge in [-0.05, 0) is 25.9 Å². The van der Waals surface area contributed by atoms with E-state index in [0.717, 1.165) is 30.5 Å². The van der Waals surface area contributed by atoms with Gasteiger partial charge in [-0.2, -0.15) is 0 Å². The van der Waals surface area contributed by atoms with E-state index in [-0.39, 0.29) is 0 Å². The Bertz CT molecular complexity index is 665. The number of rotatable bonds is 4. The van der Waals surface area contributed by atoms with E-state index in [4.69, 9.17) is 9.84 Å². The number of hydrogen-bond acceptors (Lipinski definition) is 7. The second kappa shape index (κ2) is 6.54. The van der Waals surface area contributed by atoms with Gasteiger partial charge in [0.2, 0.25) is 0 Å². The van der Waals surface area contributed by atoms with Crippen molar-refractivity contribution in [3.8, 4) is 0 Å². The van der Waals surface area contributed by atoms with E-state index in [0.29, 0.717) is 12.1 Å². The SMILES string of the molecule is O=c1[nH]c(=O)n(C2OC(CO)C(O)C2O)cc1CN1CCCC1. The monoisotopic (exact) mass is 327 g/mol. The molecule has 2 fully saturated rings. The first-order valence-corrected chi connectivity index (χ1v) is 7.70. The highest BCUT2D eigenvalue weighted by molar-refractivity contribution is 5.06. The van der Waals surface area contributed by atoms with Gasteiger partial charge in [-0.15, -0.1) is 0 Å². The molecule has 23 heavy (non-hydrogen) atoms. The number of H-pyrrole nitrogens is 1. The molecule has 2 aliphatic rings. The molecule has 2 aliphatic heterocycles. The first-order chi connectivity index (χ1) is 11.0. The van der Waals surface area contributed by atoms with Gasteiger partial charge in [-0.1, -0.05) is 0 Å². The van der Waals surface area contributed by atoms with Crippen molar-refractivity contribution in [1.82, 2.24) is 14.5 Å². The molecule has 9 nitrogen and oxygen atoms in total. The molecule has 3 rings (SSSR count). The van der Waals surface area contributed by atoms with Gasteiger partial charge in [0.05, 0.1) is 6.61 Å². The van der Waals surface area contributed by atoms with Crippen LogP contribution in [0.5, 0.6) is 0 Å². The summed E-state index contributed by atoms with van der Waals surface area (Å²) in [6, 6.07) is 0. The molecular weight excluding hydrogens is 306 g/mol. The minimum absolute atomic E-state index is 0.393. The summed E-state index contributed by atoms with van der Waals surface area (Å²) in [7, 11) is 0. The van der Waals surface area contributed by atoms with E-state index in [1.807, 2.05) is 0 Å². The fraction of sp³-hybridized carbons (Fsp3) is 0.714. The van der Waals surface area contributed by atoms with Gasteiger partial charge in [0, 0.05) is 18.3 Å². The summed E-state index contributed by atoms with van der Waals surface area (Å²) in [6.07, 6.45) is -1.28. The van der Waals surface area contributed by atoms with Gasteiger partial charge in [-0.25, -0.2) is 4.79 Å². The third kappa shape index (κ3) is 3.10. The van der Waals surface area contributed by atoms with Gasteiger partial charge in [0.25, 0.3) is 5.56 Å². The molecule has 0 radical (unpaired) electrons. The van der Waals surface area contributed by atoms with E-state index in [9.17, 15) is 19.8 Å². The zero-order valence-corrected chi connectivity index (χ0v) is 12.6. The lowest BCUT2D eigenvalue weighted by Crippen LogP contribution is -2.39. The van der Waals surface area contributed by atoms with Crippen LogP contribution in [-0.2, 0) is 11.3 Å². The Labute approximate surface area is 131 Å². The molecule has 0 aromatic carbocycles. The highest BCUT2D eigenvalue weighted by atomic mass is 16.6. The van der Waals surface area contributed by atoms with Crippen molar-refractivity contribution in [2.45, 2.75) is 43.9 Å². The van der Waals surface area contributed by atoms with Crippen molar-refractivity contribution >= 4 is 0 Å². The normalized spacial score (nSPS) is 31.8. The third-order valence-electron chi connectivity index (χ3n) is 4.43. The number of nitrogens with zero attached hydrogens (tertiary/aromatic N) is 2. The van der Waals surface area contributed by atoms with Crippen LogP contribution >= 0.6 is 0 Å². The molecule has 0 spiro atoms. The summed E-state index contributed by atoms with van der Waals surface area (Å²) in [5.41, 5.74) is -0.802. The molecule has 0 aliphatic carbocycles. The van der Waals surface area contributed by atoms with Crippen molar-refractivity contribution in [2.75, 3.05) is 19.7 Å². The topological polar surface area (TPSA) is 128 Å². The van der Waals surface area contributed by atoms with Gasteiger partial charge in [0.1, 0.15) is 18.3 Å². The van der Waals surface area contributed by atoms with Crippen molar-refractivity contribution in [3.05, 3.63) is 32.6 Å². The summed E-state index contributed by atoms with van der Waals surface area (Å²) in [6.45, 7) is 1.72. The van der Waals surface area contributed by atoms with Crippen molar-refractivity contribution in [1.29, 1.82) is 0 Å². The van der Waals surface area contributed by atoms with E-state index in [1.165, 1.54) is 6.20 Å². The molecule has 4 atom stereocenters. The Hall–Kier alpha value is -1.52. The fourth-order valence-electron chi connectivity index (χ4n) is 3.12. The van der Waals surface area contributed by atoms with Crippen LogP contribution in [0, 0.1) is 0 Å². The predicted octanol–water partition coefficient (Wildman–Crippen LogP) is -2.26. The van der Waals surface area contributed by atoms with Crippen molar-refractivity contribution in [2.24, 2.45) is 0 Å². The number of aromatic amines is 1. The Kier molecular flexibility index (Phi) is 4.64. The summed E-state index contributed by atoms with van der Waals surface area (Å²) < 4.78 is 6.41.